The molecule has 1 amide bonds. The van der Waals surface area contributed by atoms with Gasteiger partial charge in [0.2, 0.25) is 0 Å². The van der Waals surface area contributed by atoms with E-state index in [2.05, 4.69) is 15.2 Å². The molecule has 3 heterocycles. The fourth-order valence-electron chi connectivity index (χ4n) is 4.07. The van der Waals surface area contributed by atoms with E-state index < -0.39 is 17.6 Å². The van der Waals surface area contributed by atoms with Crippen molar-refractivity contribution in [2.75, 3.05) is 7.05 Å². The Morgan fingerprint density at radius 3 is 2.56 bits per heavy atom. The van der Waals surface area contributed by atoms with Gasteiger partial charge in [-0.2, -0.15) is 18.3 Å². The summed E-state index contributed by atoms with van der Waals surface area (Å²) < 4.78 is 47.9. The second kappa shape index (κ2) is 8.95. The van der Waals surface area contributed by atoms with Crippen LogP contribution in [0.4, 0.5) is 13.2 Å². The van der Waals surface area contributed by atoms with Crippen LogP contribution in [0.25, 0.3) is 28.0 Å². The summed E-state index contributed by atoms with van der Waals surface area (Å²) in [6.07, 6.45) is -1.12. The van der Waals surface area contributed by atoms with Gasteiger partial charge >= 0.3 is 6.18 Å². The topological polar surface area (TPSA) is 77.1 Å². The molecule has 7 nitrogen and oxygen atoms in total. The molecule has 2 aromatic carbocycles. The van der Waals surface area contributed by atoms with Crippen LogP contribution in [0.15, 0.2) is 77.6 Å². The third-order valence-electron chi connectivity index (χ3n) is 5.78. The highest BCUT2D eigenvalue weighted by atomic mass is 19.4. The van der Waals surface area contributed by atoms with Crippen LogP contribution < -0.4 is 0 Å². The van der Waals surface area contributed by atoms with E-state index in [1.807, 2.05) is 36.5 Å². The van der Waals surface area contributed by atoms with Crippen LogP contribution in [0.3, 0.4) is 0 Å². The van der Waals surface area contributed by atoms with Crippen molar-refractivity contribution in [3.63, 3.8) is 0 Å². The van der Waals surface area contributed by atoms with Gasteiger partial charge in [0.15, 0.2) is 0 Å². The van der Waals surface area contributed by atoms with Crippen LogP contribution >= 0.6 is 0 Å². The molecule has 0 N–H and O–H groups in total. The van der Waals surface area contributed by atoms with Crippen LogP contribution in [-0.4, -0.2) is 37.8 Å². The maximum atomic E-state index is 13.7. The number of nitrogens with zero attached hydrogens (tertiary/aromatic N) is 5. The summed E-state index contributed by atoms with van der Waals surface area (Å²) >= 11 is 0. The van der Waals surface area contributed by atoms with E-state index in [4.69, 9.17) is 4.52 Å². The lowest BCUT2D eigenvalue weighted by Crippen LogP contribution is -2.26. The normalized spacial score (nSPS) is 11.7. The number of alkyl halides is 3. The summed E-state index contributed by atoms with van der Waals surface area (Å²) in [6.45, 7) is 1.88. The van der Waals surface area contributed by atoms with Gasteiger partial charge in [0.1, 0.15) is 0 Å². The van der Waals surface area contributed by atoms with Crippen molar-refractivity contribution >= 4 is 17.0 Å². The van der Waals surface area contributed by atoms with E-state index in [1.54, 1.807) is 24.9 Å². The van der Waals surface area contributed by atoms with Crippen LogP contribution in [0.5, 0.6) is 0 Å². The number of aromatic nitrogens is 4. The van der Waals surface area contributed by atoms with Crippen molar-refractivity contribution in [2.45, 2.75) is 19.6 Å². The van der Waals surface area contributed by atoms with Gasteiger partial charge in [-0.05, 0) is 31.2 Å². The molecule has 0 spiro atoms. The Labute approximate surface area is 203 Å². The number of halogens is 3. The highest BCUT2D eigenvalue weighted by Gasteiger charge is 2.34. The molecule has 0 saturated carbocycles. The predicted molar refractivity (Wildman–Crippen MR) is 126 cm³/mol. The number of hydrogen-bond donors (Lipinski definition) is 0. The van der Waals surface area contributed by atoms with Gasteiger partial charge in [0.05, 0.1) is 39.8 Å². The zero-order valence-electron chi connectivity index (χ0n) is 19.3. The lowest BCUT2D eigenvalue weighted by molar-refractivity contribution is -0.137. The van der Waals surface area contributed by atoms with E-state index in [0.29, 0.717) is 11.1 Å². The quantitative estimate of drug-likeness (QED) is 0.316. The Morgan fingerprint density at radius 2 is 1.81 bits per heavy atom. The van der Waals surface area contributed by atoms with Gasteiger partial charge < -0.3 is 9.42 Å². The lowest BCUT2D eigenvalue weighted by atomic mass is 10.0. The number of para-hydroxylation sites is 1. The third-order valence-corrected chi connectivity index (χ3v) is 5.78. The zero-order valence-corrected chi connectivity index (χ0v) is 19.3. The molecule has 182 valence electrons. The maximum absolute atomic E-state index is 13.7. The molecule has 10 heteroatoms. The fraction of sp³-hybridized carbons (Fsp3) is 0.154. The first-order chi connectivity index (χ1) is 17.2. The number of amides is 1. The average Bonchev–Trinajstić information content (AvgIpc) is 3.50. The Morgan fingerprint density at radius 1 is 1.08 bits per heavy atom. The second-order valence-electron chi connectivity index (χ2n) is 8.34. The standard InChI is InChI=1S/C26H20F3N5O2/c1-16-23-20(25(35)33(2)14-17-13-30-34(15-17)18-8-4-3-5-9-18)12-22(31-24(23)36-32-16)19-10-6-7-11-21(19)26(27,28)29/h3-13,15H,14H2,1-2H3. The molecule has 0 aliphatic carbocycles. The molecule has 3 aromatic heterocycles. The monoisotopic (exact) mass is 491 g/mol. The molecule has 0 aliphatic rings. The van der Waals surface area contributed by atoms with Crippen molar-refractivity contribution in [2.24, 2.45) is 0 Å². The molecule has 0 saturated heterocycles. The molecule has 0 radical (unpaired) electrons. The zero-order chi connectivity index (χ0) is 25.4. The number of hydrogen-bond acceptors (Lipinski definition) is 5. The number of benzene rings is 2. The Balaban J connectivity index is 1.51. The average molecular weight is 491 g/mol. The van der Waals surface area contributed by atoms with Gasteiger partial charge in [-0.25, -0.2) is 9.67 Å². The van der Waals surface area contributed by atoms with Crippen molar-refractivity contribution in [3.8, 4) is 16.9 Å². The van der Waals surface area contributed by atoms with Crippen molar-refractivity contribution in [1.82, 2.24) is 24.8 Å². The van der Waals surface area contributed by atoms with Gasteiger partial charge in [0.25, 0.3) is 11.6 Å². The number of fused-ring (bicyclic) bond motifs is 1. The highest BCUT2D eigenvalue weighted by Crippen LogP contribution is 2.37. The summed E-state index contributed by atoms with van der Waals surface area (Å²) in [4.78, 5) is 19.3. The molecule has 0 bridgehead atoms. The number of carbonyl (C=O) groups excluding carboxylic acids is 1. The van der Waals surface area contributed by atoms with Crippen molar-refractivity contribution in [3.05, 3.63) is 95.4 Å². The van der Waals surface area contributed by atoms with Crippen LogP contribution in [0, 0.1) is 6.92 Å². The van der Waals surface area contributed by atoms with Crippen molar-refractivity contribution in [1.29, 1.82) is 0 Å². The minimum Gasteiger partial charge on any atom is -0.337 e. The summed E-state index contributed by atoms with van der Waals surface area (Å²) in [5, 5.41) is 8.59. The predicted octanol–water partition coefficient (Wildman–Crippen LogP) is 5.67. The molecular weight excluding hydrogens is 471 g/mol. The first-order valence-corrected chi connectivity index (χ1v) is 11.0. The smallest absolute Gasteiger partial charge is 0.337 e. The Kier molecular flexibility index (Phi) is 5.79. The first kappa shape index (κ1) is 23.3. The number of carbonyl (C=O) groups is 1. The van der Waals surface area contributed by atoms with Crippen LogP contribution in [0.1, 0.15) is 27.2 Å². The second-order valence-corrected chi connectivity index (χ2v) is 8.34. The summed E-state index contributed by atoms with van der Waals surface area (Å²) in [6, 6.07) is 16.0. The Bertz CT molecular complexity index is 1560. The van der Waals surface area contributed by atoms with Gasteiger partial charge in [-0.3, -0.25) is 4.79 Å². The molecule has 36 heavy (non-hydrogen) atoms. The maximum Gasteiger partial charge on any atom is 0.417 e. The highest BCUT2D eigenvalue weighted by molar-refractivity contribution is 6.07. The largest absolute Gasteiger partial charge is 0.417 e. The molecule has 0 atom stereocenters. The summed E-state index contributed by atoms with van der Waals surface area (Å²) in [5.41, 5.74) is 1.20. The van der Waals surface area contributed by atoms with E-state index in [0.717, 1.165) is 17.3 Å². The van der Waals surface area contributed by atoms with Gasteiger partial charge in [-0.1, -0.05) is 41.6 Å². The lowest BCUT2D eigenvalue weighted by Gasteiger charge is -2.18. The third kappa shape index (κ3) is 4.33. The molecule has 0 aliphatic heterocycles. The Hall–Kier alpha value is -4.47. The SMILES string of the molecule is Cc1noc2nc(-c3ccccc3C(F)(F)F)cc(C(=O)N(C)Cc3cnn(-c4ccccc4)c3)c12. The molecule has 5 rings (SSSR count). The molecule has 0 fully saturated rings. The minimum atomic E-state index is -4.59. The fourth-order valence-corrected chi connectivity index (χ4v) is 4.07. The summed E-state index contributed by atoms with van der Waals surface area (Å²) in [7, 11) is 1.61. The van der Waals surface area contributed by atoms with Gasteiger partial charge in [0, 0.05) is 30.9 Å². The summed E-state index contributed by atoms with van der Waals surface area (Å²) in [5.74, 6) is -0.410. The number of aryl methyl sites for hydroxylation is 1. The van der Waals surface area contributed by atoms with E-state index in [9.17, 15) is 18.0 Å². The van der Waals surface area contributed by atoms with E-state index in [1.165, 1.54) is 29.2 Å². The van der Waals surface area contributed by atoms with Crippen LogP contribution in [-0.2, 0) is 12.7 Å². The molecule has 0 unspecified atom stereocenters. The van der Waals surface area contributed by atoms with Gasteiger partial charge in [-0.15, -0.1) is 0 Å². The number of rotatable bonds is 5. The minimum absolute atomic E-state index is 0.00405. The number of pyridine rings is 1. The van der Waals surface area contributed by atoms with E-state index >= 15 is 0 Å². The van der Waals surface area contributed by atoms with Crippen molar-refractivity contribution < 1.29 is 22.5 Å². The van der Waals surface area contributed by atoms with E-state index in [-0.39, 0.29) is 29.1 Å². The van der Waals surface area contributed by atoms with Crippen LogP contribution in [0.2, 0.25) is 0 Å². The first-order valence-electron chi connectivity index (χ1n) is 11.0. The molecule has 5 aromatic rings. The molecular formula is C26H20F3N5O2.